The molecule has 0 aromatic heterocycles. The summed E-state index contributed by atoms with van der Waals surface area (Å²) >= 11 is 0. The maximum atomic E-state index is 11.1. The largest absolute Gasteiger partial charge is 0.394 e. The van der Waals surface area contributed by atoms with E-state index in [-0.39, 0.29) is 25.0 Å². The Morgan fingerprint density at radius 3 is 2.53 bits per heavy atom. The third-order valence-electron chi connectivity index (χ3n) is 2.33. The molecule has 0 spiro atoms. The first-order chi connectivity index (χ1) is 8.26. The summed E-state index contributed by atoms with van der Waals surface area (Å²) in [6.45, 7) is 5.15. The average Bonchev–Trinajstić information content (AvgIpc) is 2.55. The van der Waals surface area contributed by atoms with Gasteiger partial charge in [-0.1, -0.05) is 12.5 Å². The molecule has 0 aliphatic carbocycles. The minimum atomic E-state index is 0.0278. The molecule has 1 aliphatic rings. The van der Waals surface area contributed by atoms with Gasteiger partial charge >= 0.3 is 0 Å². The van der Waals surface area contributed by atoms with Crippen molar-refractivity contribution in [1.29, 1.82) is 0 Å². The number of hydrogen-bond donors (Lipinski definition) is 3. The van der Waals surface area contributed by atoms with E-state index in [9.17, 15) is 4.79 Å². The summed E-state index contributed by atoms with van der Waals surface area (Å²) in [5.41, 5.74) is 0. The number of rotatable bonds is 5. The lowest BCUT2D eigenvalue weighted by Crippen LogP contribution is -2.27. The van der Waals surface area contributed by atoms with Gasteiger partial charge in [-0.05, 0) is 12.8 Å². The Balaban J connectivity index is 0.000000325. The van der Waals surface area contributed by atoms with Crippen LogP contribution < -0.4 is 5.32 Å². The molecule has 0 radical (unpaired) electrons. The smallest absolute Gasteiger partial charge is 0.226 e. The number of carbonyl (C=O) groups excluding carboxylic acids is 1. The molecule has 5 heteroatoms. The van der Waals surface area contributed by atoms with E-state index in [1.807, 2.05) is 0 Å². The van der Waals surface area contributed by atoms with Crippen LogP contribution >= 0.6 is 0 Å². The number of aliphatic hydroxyl groups excluding tert-OH is 2. The fourth-order valence-corrected chi connectivity index (χ4v) is 1.42. The fourth-order valence-electron chi connectivity index (χ4n) is 1.42. The van der Waals surface area contributed by atoms with Crippen molar-refractivity contribution < 1.29 is 19.7 Å². The molecule has 1 rings (SSSR count). The van der Waals surface area contributed by atoms with Gasteiger partial charge in [-0.3, -0.25) is 4.79 Å². The van der Waals surface area contributed by atoms with Crippen LogP contribution in [-0.2, 0) is 9.53 Å². The van der Waals surface area contributed by atoms with Crippen molar-refractivity contribution >= 4 is 5.91 Å². The second kappa shape index (κ2) is 11.6. The molecule has 0 saturated carbocycles. The zero-order chi connectivity index (χ0) is 12.9. The number of ether oxygens (including phenoxy) is 1. The summed E-state index contributed by atoms with van der Waals surface area (Å²) in [6, 6.07) is 0. The van der Waals surface area contributed by atoms with Crippen LogP contribution in [0.25, 0.3) is 0 Å². The third kappa shape index (κ3) is 8.85. The van der Waals surface area contributed by atoms with Crippen molar-refractivity contribution in [2.24, 2.45) is 5.92 Å². The predicted octanol–water partition coefficient (Wildman–Crippen LogP) is 0.0763. The molecule has 0 bridgehead atoms. The molecule has 5 nitrogen and oxygen atoms in total. The van der Waals surface area contributed by atoms with Crippen LogP contribution in [0.1, 0.15) is 19.3 Å². The van der Waals surface area contributed by atoms with E-state index in [1.165, 1.54) is 0 Å². The van der Waals surface area contributed by atoms with Crippen LogP contribution in [0.15, 0.2) is 12.7 Å². The van der Waals surface area contributed by atoms with Gasteiger partial charge in [0.25, 0.3) is 0 Å². The van der Waals surface area contributed by atoms with E-state index < -0.39 is 0 Å². The molecule has 0 aromatic carbocycles. The molecule has 17 heavy (non-hydrogen) atoms. The van der Waals surface area contributed by atoms with Crippen molar-refractivity contribution in [1.82, 2.24) is 5.32 Å². The Kier molecular flexibility index (Phi) is 11.0. The molecule has 100 valence electrons. The van der Waals surface area contributed by atoms with Gasteiger partial charge in [-0.25, -0.2) is 0 Å². The molecule has 1 amide bonds. The highest BCUT2D eigenvalue weighted by Gasteiger charge is 2.16. The first-order valence-electron chi connectivity index (χ1n) is 5.96. The summed E-state index contributed by atoms with van der Waals surface area (Å²) < 4.78 is 4.63. The van der Waals surface area contributed by atoms with Gasteiger partial charge in [0.05, 0.1) is 32.3 Å². The fraction of sp³-hybridized carbons (Fsp3) is 0.750. The number of amides is 1. The minimum absolute atomic E-state index is 0.0278. The summed E-state index contributed by atoms with van der Waals surface area (Å²) in [5.74, 6) is 0.204. The van der Waals surface area contributed by atoms with Gasteiger partial charge in [0.1, 0.15) is 0 Å². The van der Waals surface area contributed by atoms with Crippen LogP contribution in [0.3, 0.4) is 0 Å². The third-order valence-corrected chi connectivity index (χ3v) is 2.33. The monoisotopic (exact) mass is 245 g/mol. The van der Waals surface area contributed by atoms with Crippen LogP contribution in [0.4, 0.5) is 0 Å². The summed E-state index contributed by atoms with van der Waals surface area (Å²) in [6.07, 6.45) is 4.95. The van der Waals surface area contributed by atoms with Gasteiger partial charge in [0.2, 0.25) is 5.91 Å². The summed E-state index contributed by atoms with van der Waals surface area (Å²) in [5, 5.41) is 19.0. The summed E-state index contributed by atoms with van der Waals surface area (Å²) in [7, 11) is 0. The van der Waals surface area contributed by atoms with E-state index in [0.29, 0.717) is 13.2 Å². The molecule has 1 fully saturated rings. The van der Waals surface area contributed by atoms with Crippen molar-refractivity contribution in [2.45, 2.75) is 19.3 Å². The lowest BCUT2D eigenvalue weighted by molar-refractivity contribution is -0.123. The van der Waals surface area contributed by atoms with Crippen LogP contribution in [0.5, 0.6) is 0 Å². The topological polar surface area (TPSA) is 78.8 Å². The Morgan fingerprint density at radius 1 is 1.35 bits per heavy atom. The SMILES string of the molecule is C=CC1CCCCNC1=O.OCCOCCO. The van der Waals surface area contributed by atoms with Crippen molar-refractivity contribution in [3.05, 3.63) is 12.7 Å². The van der Waals surface area contributed by atoms with Crippen molar-refractivity contribution in [3.63, 3.8) is 0 Å². The second-order valence-electron chi connectivity index (χ2n) is 3.69. The number of hydrogen-bond acceptors (Lipinski definition) is 4. The molecule has 1 unspecified atom stereocenters. The predicted molar refractivity (Wildman–Crippen MR) is 65.5 cm³/mol. The molecule has 3 N–H and O–H groups in total. The van der Waals surface area contributed by atoms with Crippen LogP contribution in [0, 0.1) is 5.92 Å². The Bertz CT molecular complexity index is 205. The Labute approximate surface area is 102 Å². The van der Waals surface area contributed by atoms with Crippen LogP contribution in [-0.4, -0.2) is 49.1 Å². The van der Waals surface area contributed by atoms with Gasteiger partial charge in [0.15, 0.2) is 0 Å². The average molecular weight is 245 g/mol. The highest BCUT2D eigenvalue weighted by molar-refractivity contribution is 5.80. The van der Waals surface area contributed by atoms with Crippen molar-refractivity contribution in [3.8, 4) is 0 Å². The van der Waals surface area contributed by atoms with E-state index in [2.05, 4.69) is 16.6 Å². The summed E-state index contributed by atoms with van der Waals surface area (Å²) in [4.78, 5) is 11.1. The zero-order valence-electron chi connectivity index (χ0n) is 10.2. The lowest BCUT2D eigenvalue weighted by Gasteiger charge is -2.05. The lowest BCUT2D eigenvalue weighted by atomic mass is 10.0. The number of nitrogens with one attached hydrogen (secondary N) is 1. The molecule has 1 atom stereocenters. The highest BCUT2D eigenvalue weighted by atomic mass is 16.5. The van der Waals surface area contributed by atoms with Crippen LogP contribution in [0.2, 0.25) is 0 Å². The molecular weight excluding hydrogens is 222 g/mol. The van der Waals surface area contributed by atoms with Gasteiger partial charge in [-0.2, -0.15) is 0 Å². The molecule has 1 saturated heterocycles. The number of carbonyl (C=O) groups is 1. The highest BCUT2D eigenvalue weighted by Crippen LogP contribution is 2.12. The van der Waals surface area contributed by atoms with E-state index in [1.54, 1.807) is 6.08 Å². The zero-order valence-corrected chi connectivity index (χ0v) is 10.2. The van der Waals surface area contributed by atoms with E-state index >= 15 is 0 Å². The van der Waals surface area contributed by atoms with Crippen molar-refractivity contribution in [2.75, 3.05) is 33.0 Å². The normalized spacial score (nSPS) is 19.6. The first-order valence-corrected chi connectivity index (χ1v) is 5.96. The molecule has 1 aliphatic heterocycles. The minimum Gasteiger partial charge on any atom is -0.394 e. The quantitative estimate of drug-likeness (QED) is 0.473. The molecular formula is C12H23NO4. The Morgan fingerprint density at radius 2 is 2.00 bits per heavy atom. The molecule has 1 heterocycles. The number of aliphatic hydroxyl groups is 2. The van der Waals surface area contributed by atoms with E-state index in [4.69, 9.17) is 10.2 Å². The molecule has 0 aromatic rings. The second-order valence-corrected chi connectivity index (χ2v) is 3.69. The van der Waals surface area contributed by atoms with E-state index in [0.717, 1.165) is 25.8 Å². The maximum absolute atomic E-state index is 11.1. The standard InChI is InChI=1S/C8H13NO.C4H10O3/c1-2-7-5-3-4-6-9-8(7)10;5-1-3-7-4-2-6/h2,7H,1,3-6H2,(H,9,10);5-6H,1-4H2. The Hall–Kier alpha value is -0.910. The van der Waals surface area contributed by atoms with Gasteiger partial charge in [0, 0.05) is 6.54 Å². The van der Waals surface area contributed by atoms with Gasteiger partial charge < -0.3 is 20.3 Å². The first kappa shape index (κ1) is 16.1. The van der Waals surface area contributed by atoms with Gasteiger partial charge in [-0.15, -0.1) is 6.58 Å². The maximum Gasteiger partial charge on any atom is 0.226 e.